The summed E-state index contributed by atoms with van der Waals surface area (Å²) < 4.78 is 0. The number of rotatable bonds is 5. The summed E-state index contributed by atoms with van der Waals surface area (Å²) in [5.74, 6) is -0.0682. The van der Waals surface area contributed by atoms with E-state index in [-0.39, 0.29) is 11.2 Å². The molecule has 0 aliphatic heterocycles. The van der Waals surface area contributed by atoms with Crippen molar-refractivity contribution < 1.29 is 4.79 Å². The number of nitrogens with one attached hydrogen (secondary N) is 2. The molecule has 5 nitrogen and oxygen atoms in total. The Balaban J connectivity index is 1.86. The molecule has 0 bridgehead atoms. The van der Waals surface area contributed by atoms with Gasteiger partial charge in [-0.2, -0.15) is 5.10 Å². The van der Waals surface area contributed by atoms with Crippen LogP contribution in [0.5, 0.6) is 0 Å². The van der Waals surface area contributed by atoms with Gasteiger partial charge in [-0.1, -0.05) is 41.6 Å². The first-order chi connectivity index (χ1) is 9.16. The molecule has 2 rings (SSSR count). The average Bonchev–Trinajstić information content (AvgIpc) is 2.90. The van der Waals surface area contributed by atoms with Crippen LogP contribution in [-0.4, -0.2) is 26.3 Å². The minimum absolute atomic E-state index is 0.0682. The number of halogens is 1. The minimum atomic E-state index is -0.254. The maximum Gasteiger partial charge on any atom is 0.233 e. The molecule has 2 aromatic rings. The van der Waals surface area contributed by atoms with Crippen molar-refractivity contribution in [2.75, 3.05) is 0 Å². The number of aromatic nitrogens is 3. The first kappa shape index (κ1) is 13.9. The van der Waals surface area contributed by atoms with Gasteiger partial charge in [0.05, 0.1) is 5.25 Å². The highest BCUT2D eigenvalue weighted by Gasteiger charge is 2.15. The Morgan fingerprint density at radius 2 is 2.32 bits per heavy atom. The summed E-state index contributed by atoms with van der Waals surface area (Å²) in [5.41, 5.74) is 0.898. The van der Waals surface area contributed by atoms with E-state index in [0.717, 1.165) is 5.56 Å². The van der Waals surface area contributed by atoms with Crippen LogP contribution < -0.4 is 5.32 Å². The summed E-state index contributed by atoms with van der Waals surface area (Å²) in [5, 5.41) is 10.3. The van der Waals surface area contributed by atoms with Gasteiger partial charge in [0.2, 0.25) is 5.91 Å². The molecule has 1 aromatic carbocycles. The number of amides is 1. The third kappa shape index (κ3) is 3.97. The number of hydrogen-bond donors (Lipinski definition) is 2. The number of benzene rings is 1. The van der Waals surface area contributed by atoms with E-state index in [1.807, 2.05) is 25.1 Å². The topological polar surface area (TPSA) is 70.7 Å². The second-order valence-corrected chi connectivity index (χ2v) is 5.60. The summed E-state index contributed by atoms with van der Waals surface area (Å²) >= 11 is 7.35. The number of nitrogens with zero attached hydrogens (tertiary/aromatic N) is 2. The standard InChI is InChI=1S/C12H13ClN4OS/c1-8(19-12-15-7-16-17-12)11(18)14-6-9-4-2-3-5-10(9)13/h2-5,7-8H,6H2,1H3,(H,14,18)(H,15,16,17)/t8-/m1/s1. The van der Waals surface area contributed by atoms with Gasteiger partial charge in [-0.15, -0.1) is 0 Å². The van der Waals surface area contributed by atoms with Crippen LogP contribution in [0.1, 0.15) is 12.5 Å². The van der Waals surface area contributed by atoms with Crippen LogP contribution in [0.3, 0.4) is 0 Å². The van der Waals surface area contributed by atoms with Crippen molar-refractivity contribution in [3.8, 4) is 0 Å². The molecule has 100 valence electrons. The lowest BCUT2D eigenvalue weighted by molar-refractivity contribution is -0.120. The Bertz CT molecular complexity index is 546. The molecule has 0 fully saturated rings. The van der Waals surface area contributed by atoms with Gasteiger partial charge in [0.1, 0.15) is 6.33 Å². The normalized spacial score (nSPS) is 12.1. The van der Waals surface area contributed by atoms with Gasteiger partial charge in [0, 0.05) is 11.6 Å². The zero-order valence-corrected chi connectivity index (χ0v) is 11.8. The Morgan fingerprint density at radius 1 is 1.53 bits per heavy atom. The molecule has 1 atom stereocenters. The number of aromatic amines is 1. The Hall–Kier alpha value is -1.53. The van der Waals surface area contributed by atoms with Crippen molar-refractivity contribution in [1.29, 1.82) is 0 Å². The Kier molecular flexibility index (Phi) is 4.81. The van der Waals surface area contributed by atoms with Crippen LogP contribution in [0.2, 0.25) is 5.02 Å². The molecular formula is C12H13ClN4OS. The highest BCUT2D eigenvalue weighted by molar-refractivity contribution is 8.00. The van der Waals surface area contributed by atoms with Crippen molar-refractivity contribution in [3.05, 3.63) is 41.2 Å². The first-order valence-corrected chi connectivity index (χ1v) is 6.95. The van der Waals surface area contributed by atoms with Crippen LogP contribution in [0.15, 0.2) is 35.7 Å². The molecule has 1 aromatic heterocycles. The predicted molar refractivity (Wildman–Crippen MR) is 75.0 cm³/mol. The molecule has 19 heavy (non-hydrogen) atoms. The van der Waals surface area contributed by atoms with Crippen molar-refractivity contribution in [3.63, 3.8) is 0 Å². The third-order valence-corrected chi connectivity index (χ3v) is 3.82. The molecular weight excluding hydrogens is 284 g/mol. The highest BCUT2D eigenvalue weighted by atomic mass is 35.5. The van der Waals surface area contributed by atoms with E-state index in [1.165, 1.54) is 18.1 Å². The number of hydrogen-bond acceptors (Lipinski definition) is 4. The van der Waals surface area contributed by atoms with E-state index in [2.05, 4.69) is 20.5 Å². The fourth-order valence-electron chi connectivity index (χ4n) is 1.44. The lowest BCUT2D eigenvalue weighted by Crippen LogP contribution is -2.30. The fourth-order valence-corrected chi connectivity index (χ4v) is 2.38. The van der Waals surface area contributed by atoms with Gasteiger partial charge in [0.15, 0.2) is 5.16 Å². The zero-order valence-electron chi connectivity index (χ0n) is 10.3. The highest BCUT2D eigenvalue weighted by Crippen LogP contribution is 2.19. The van der Waals surface area contributed by atoms with Crippen molar-refractivity contribution in [1.82, 2.24) is 20.5 Å². The SMILES string of the molecule is C[C@@H](Sc1ncn[nH]1)C(=O)NCc1ccccc1Cl. The number of thioether (sulfide) groups is 1. The van der Waals surface area contributed by atoms with Gasteiger partial charge >= 0.3 is 0 Å². The minimum Gasteiger partial charge on any atom is -0.351 e. The predicted octanol–water partition coefficient (Wildman–Crippen LogP) is 2.26. The molecule has 1 heterocycles. The fraction of sp³-hybridized carbons (Fsp3) is 0.250. The molecule has 0 spiro atoms. The van der Waals surface area contributed by atoms with Gasteiger partial charge in [-0.25, -0.2) is 4.98 Å². The van der Waals surface area contributed by atoms with E-state index in [1.54, 1.807) is 6.07 Å². The molecule has 0 aliphatic rings. The number of carbonyl (C=O) groups is 1. The van der Waals surface area contributed by atoms with E-state index >= 15 is 0 Å². The third-order valence-electron chi connectivity index (χ3n) is 2.46. The van der Waals surface area contributed by atoms with E-state index < -0.39 is 0 Å². The summed E-state index contributed by atoms with van der Waals surface area (Å²) in [6.45, 7) is 2.23. The van der Waals surface area contributed by atoms with Crippen molar-refractivity contribution in [2.45, 2.75) is 23.9 Å². The maximum atomic E-state index is 11.9. The largest absolute Gasteiger partial charge is 0.351 e. The summed E-state index contributed by atoms with van der Waals surface area (Å²) in [6.07, 6.45) is 1.41. The summed E-state index contributed by atoms with van der Waals surface area (Å²) in [7, 11) is 0. The quantitative estimate of drug-likeness (QED) is 0.830. The summed E-state index contributed by atoms with van der Waals surface area (Å²) in [6, 6.07) is 7.43. The second kappa shape index (κ2) is 6.58. The van der Waals surface area contributed by atoms with Crippen LogP contribution in [0.4, 0.5) is 0 Å². The van der Waals surface area contributed by atoms with E-state index in [4.69, 9.17) is 11.6 Å². The van der Waals surface area contributed by atoms with E-state index in [9.17, 15) is 4.79 Å². The molecule has 0 saturated carbocycles. The number of H-pyrrole nitrogens is 1. The number of carbonyl (C=O) groups excluding carboxylic acids is 1. The van der Waals surface area contributed by atoms with Crippen LogP contribution in [0, 0.1) is 0 Å². The van der Waals surface area contributed by atoms with E-state index in [0.29, 0.717) is 16.7 Å². The average molecular weight is 297 g/mol. The molecule has 1 amide bonds. The molecule has 0 saturated heterocycles. The lowest BCUT2D eigenvalue weighted by atomic mass is 10.2. The lowest BCUT2D eigenvalue weighted by Gasteiger charge is -2.11. The monoisotopic (exact) mass is 296 g/mol. The molecule has 2 N–H and O–H groups in total. The van der Waals surface area contributed by atoms with Gasteiger partial charge in [-0.3, -0.25) is 9.89 Å². The Morgan fingerprint density at radius 3 is 3.00 bits per heavy atom. The zero-order chi connectivity index (χ0) is 13.7. The maximum absolute atomic E-state index is 11.9. The molecule has 0 radical (unpaired) electrons. The summed E-state index contributed by atoms with van der Waals surface area (Å²) in [4.78, 5) is 15.9. The van der Waals surface area contributed by atoms with Gasteiger partial charge < -0.3 is 5.32 Å². The molecule has 0 aliphatic carbocycles. The Labute approximate surface area is 120 Å². The smallest absolute Gasteiger partial charge is 0.233 e. The van der Waals surface area contributed by atoms with Gasteiger partial charge in [0.25, 0.3) is 0 Å². The van der Waals surface area contributed by atoms with Crippen LogP contribution in [0.25, 0.3) is 0 Å². The first-order valence-electron chi connectivity index (χ1n) is 5.70. The molecule has 7 heteroatoms. The second-order valence-electron chi connectivity index (χ2n) is 3.86. The van der Waals surface area contributed by atoms with Crippen LogP contribution in [-0.2, 0) is 11.3 Å². The van der Waals surface area contributed by atoms with Crippen molar-refractivity contribution in [2.24, 2.45) is 0 Å². The van der Waals surface area contributed by atoms with Crippen LogP contribution >= 0.6 is 23.4 Å². The van der Waals surface area contributed by atoms with Gasteiger partial charge in [-0.05, 0) is 18.6 Å². The molecule has 0 unspecified atom stereocenters. The van der Waals surface area contributed by atoms with Crippen molar-refractivity contribution >= 4 is 29.3 Å².